The van der Waals surface area contributed by atoms with Crippen molar-refractivity contribution in [2.45, 2.75) is 26.2 Å². The van der Waals surface area contributed by atoms with Crippen LogP contribution in [0, 0.1) is 6.92 Å². The fraction of sp³-hybridized carbons (Fsp3) is 0.409. The molecule has 2 aromatic carbocycles. The lowest BCUT2D eigenvalue weighted by atomic mass is 10.1. The Morgan fingerprint density at radius 3 is 2.50 bits per heavy atom. The lowest BCUT2D eigenvalue weighted by Gasteiger charge is -2.28. The molecule has 28 heavy (non-hydrogen) atoms. The highest BCUT2D eigenvalue weighted by Crippen LogP contribution is 2.27. The number of amides is 2. The van der Waals surface area contributed by atoms with Crippen molar-refractivity contribution in [2.24, 2.45) is 0 Å². The van der Waals surface area contributed by atoms with E-state index < -0.39 is 0 Å². The summed E-state index contributed by atoms with van der Waals surface area (Å²) in [6, 6.07) is 13.5. The van der Waals surface area contributed by atoms with E-state index in [2.05, 4.69) is 27.7 Å². The van der Waals surface area contributed by atoms with Crippen molar-refractivity contribution in [1.29, 1.82) is 0 Å². The molecule has 2 amide bonds. The Morgan fingerprint density at radius 2 is 1.79 bits per heavy atom. The predicted molar refractivity (Wildman–Crippen MR) is 113 cm³/mol. The quantitative estimate of drug-likeness (QED) is 0.704. The minimum absolute atomic E-state index is 0.245. The van der Waals surface area contributed by atoms with E-state index in [9.17, 15) is 4.79 Å². The summed E-state index contributed by atoms with van der Waals surface area (Å²) in [5.74, 6) is 1.36. The van der Waals surface area contributed by atoms with Gasteiger partial charge in [0.1, 0.15) is 6.61 Å². The first-order valence-electron chi connectivity index (χ1n) is 9.83. The molecule has 1 saturated heterocycles. The monoisotopic (exact) mass is 383 g/mol. The number of nitrogens with zero attached hydrogens (tertiary/aromatic N) is 1. The summed E-state index contributed by atoms with van der Waals surface area (Å²) in [6.45, 7) is 4.98. The van der Waals surface area contributed by atoms with Crippen LogP contribution in [-0.2, 0) is 0 Å². The SMILES string of the molecule is COc1cc(C)ccc1OCCNC(=O)Nc1ccc(N2CCCCC2)cc1. The highest BCUT2D eigenvalue weighted by Gasteiger charge is 2.11. The predicted octanol–water partition coefficient (Wildman–Crippen LogP) is 4.19. The number of aryl methyl sites for hydroxylation is 1. The normalized spacial score (nSPS) is 13.7. The Labute approximate surface area is 166 Å². The van der Waals surface area contributed by atoms with E-state index in [0.29, 0.717) is 24.7 Å². The number of carbonyl (C=O) groups is 1. The van der Waals surface area contributed by atoms with Gasteiger partial charge in [-0.2, -0.15) is 0 Å². The van der Waals surface area contributed by atoms with Crippen LogP contribution in [0.1, 0.15) is 24.8 Å². The molecule has 6 nitrogen and oxygen atoms in total. The van der Waals surface area contributed by atoms with Crippen LogP contribution >= 0.6 is 0 Å². The Kier molecular flexibility index (Phi) is 7.00. The number of nitrogens with one attached hydrogen (secondary N) is 2. The summed E-state index contributed by atoms with van der Waals surface area (Å²) >= 11 is 0. The van der Waals surface area contributed by atoms with Crippen LogP contribution in [0.15, 0.2) is 42.5 Å². The van der Waals surface area contributed by atoms with E-state index in [1.165, 1.54) is 24.9 Å². The van der Waals surface area contributed by atoms with Crippen molar-refractivity contribution < 1.29 is 14.3 Å². The maximum absolute atomic E-state index is 12.1. The first-order chi connectivity index (χ1) is 13.7. The molecule has 1 aliphatic rings. The minimum atomic E-state index is -0.245. The summed E-state index contributed by atoms with van der Waals surface area (Å²) < 4.78 is 11.0. The summed E-state index contributed by atoms with van der Waals surface area (Å²) in [7, 11) is 1.61. The van der Waals surface area contributed by atoms with E-state index in [1.54, 1.807) is 7.11 Å². The van der Waals surface area contributed by atoms with Crippen molar-refractivity contribution >= 4 is 17.4 Å². The van der Waals surface area contributed by atoms with Gasteiger partial charge < -0.3 is 25.0 Å². The van der Waals surface area contributed by atoms with Crippen LogP contribution in [0.5, 0.6) is 11.5 Å². The summed E-state index contributed by atoms with van der Waals surface area (Å²) in [4.78, 5) is 14.5. The Morgan fingerprint density at radius 1 is 1.04 bits per heavy atom. The number of carbonyl (C=O) groups excluding carboxylic acids is 1. The number of hydrogen-bond donors (Lipinski definition) is 2. The number of hydrogen-bond acceptors (Lipinski definition) is 4. The first-order valence-corrected chi connectivity index (χ1v) is 9.83. The number of anilines is 2. The number of piperidine rings is 1. The van der Waals surface area contributed by atoms with Gasteiger partial charge in [-0.1, -0.05) is 6.07 Å². The second-order valence-corrected chi connectivity index (χ2v) is 6.98. The maximum Gasteiger partial charge on any atom is 0.319 e. The molecule has 0 spiro atoms. The number of rotatable bonds is 7. The number of benzene rings is 2. The molecule has 1 aliphatic heterocycles. The largest absolute Gasteiger partial charge is 0.493 e. The molecule has 150 valence electrons. The second-order valence-electron chi connectivity index (χ2n) is 6.98. The highest BCUT2D eigenvalue weighted by molar-refractivity contribution is 5.89. The molecular weight excluding hydrogens is 354 g/mol. The first kappa shape index (κ1) is 19.9. The standard InChI is InChI=1S/C22H29N3O3/c1-17-6-11-20(21(16-17)27-2)28-15-12-23-22(26)24-18-7-9-19(10-8-18)25-13-4-3-5-14-25/h6-11,16H,3-5,12-15H2,1-2H3,(H2,23,24,26). The molecule has 1 heterocycles. The fourth-order valence-electron chi connectivity index (χ4n) is 3.30. The molecule has 2 aromatic rings. The van der Waals surface area contributed by atoms with E-state index >= 15 is 0 Å². The third-order valence-electron chi connectivity index (χ3n) is 4.81. The molecule has 0 radical (unpaired) electrons. The van der Waals surface area contributed by atoms with E-state index in [4.69, 9.17) is 9.47 Å². The van der Waals surface area contributed by atoms with Crippen LogP contribution in [0.4, 0.5) is 16.2 Å². The Hall–Kier alpha value is -2.89. The van der Waals surface area contributed by atoms with Gasteiger partial charge in [0.05, 0.1) is 13.7 Å². The van der Waals surface area contributed by atoms with Gasteiger partial charge in [-0.15, -0.1) is 0 Å². The van der Waals surface area contributed by atoms with Gasteiger partial charge >= 0.3 is 6.03 Å². The van der Waals surface area contributed by atoms with Crippen LogP contribution in [0.2, 0.25) is 0 Å². The average Bonchev–Trinajstić information content (AvgIpc) is 2.73. The van der Waals surface area contributed by atoms with Gasteiger partial charge in [-0.3, -0.25) is 0 Å². The third kappa shape index (κ3) is 5.55. The van der Waals surface area contributed by atoms with Crippen molar-refractivity contribution in [1.82, 2.24) is 5.32 Å². The minimum Gasteiger partial charge on any atom is -0.493 e. The molecule has 6 heteroatoms. The lowest BCUT2D eigenvalue weighted by molar-refractivity contribution is 0.246. The molecular formula is C22H29N3O3. The molecule has 0 aromatic heterocycles. The van der Waals surface area contributed by atoms with Crippen molar-refractivity contribution in [3.8, 4) is 11.5 Å². The number of ether oxygens (including phenoxy) is 2. The van der Waals surface area contributed by atoms with Crippen LogP contribution < -0.4 is 25.0 Å². The average molecular weight is 383 g/mol. The second kappa shape index (κ2) is 9.88. The zero-order valence-electron chi connectivity index (χ0n) is 16.7. The van der Waals surface area contributed by atoms with Crippen LogP contribution in [0.3, 0.4) is 0 Å². The highest BCUT2D eigenvalue weighted by atomic mass is 16.5. The van der Waals surface area contributed by atoms with Gasteiger partial charge in [0.15, 0.2) is 11.5 Å². The molecule has 0 saturated carbocycles. The van der Waals surface area contributed by atoms with Gasteiger partial charge in [0.25, 0.3) is 0 Å². The molecule has 0 aliphatic carbocycles. The summed E-state index contributed by atoms with van der Waals surface area (Å²) in [5.41, 5.74) is 3.10. The molecule has 0 bridgehead atoms. The zero-order valence-corrected chi connectivity index (χ0v) is 16.7. The van der Waals surface area contributed by atoms with Gasteiger partial charge in [0.2, 0.25) is 0 Å². The molecule has 3 rings (SSSR count). The van der Waals surface area contributed by atoms with Gasteiger partial charge in [-0.25, -0.2) is 4.79 Å². The van der Waals surface area contributed by atoms with E-state index in [1.807, 2.05) is 37.3 Å². The lowest BCUT2D eigenvalue weighted by Crippen LogP contribution is -2.32. The maximum atomic E-state index is 12.1. The van der Waals surface area contributed by atoms with E-state index in [-0.39, 0.29) is 6.03 Å². The van der Waals surface area contributed by atoms with Gasteiger partial charge in [0, 0.05) is 24.5 Å². The topological polar surface area (TPSA) is 62.8 Å². The van der Waals surface area contributed by atoms with Crippen molar-refractivity contribution in [2.75, 3.05) is 43.6 Å². The smallest absolute Gasteiger partial charge is 0.319 e. The van der Waals surface area contributed by atoms with Crippen molar-refractivity contribution in [3.63, 3.8) is 0 Å². The Bertz CT molecular complexity index is 771. The number of methoxy groups -OCH3 is 1. The molecule has 0 unspecified atom stereocenters. The number of urea groups is 1. The van der Waals surface area contributed by atoms with Crippen LogP contribution in [0.25, 0.3) is 0 Å². The zero-order chi connectivity index (χ0) is 19.8. The Balaban J connectivity index is 1.41. The van der Waals surface area contributed by atoms with Gasteiger partial charge in [-0.05, 0) is 68.1 Å². The molecule has 2 N–H and O–H groups in total. The summed E-state index contributed by atoms with van der Waals surface area (Å²) in [5, 5.41) is 5.65. The fourth-order valence-corrected chi connectivity index (χ4v) is 3.30. The molecule has 1 fully saturated rings. The van der Waals surface area contributed by atoms with Crippen LogP contribution in [-0.4, -0.2) is 39.4 Å². The summed E-state index contributed by atoms with van der Waals surface area (Å²) in [6.07, 6.45) is 3.81. The molecule has 0 atom stereocenters. The van der Waals surface area contributed by atoms with Crippen molar-refractivity contribution in [3.05, 3.63) is 48.0 Å². The third-order valence-corrected chi connectivity index (χ3v) is 4.81. The van der Waals surface area contributed by atoms with E-state index in [0.717, 1.165) is 24.3 Å².